The topological polar surface area (TPSA) is 81.0 Å². The van der Waals surface area contributed by atoms with E-state index in [9.17, 15) is 8.42 Å². The first-order valence-corrected chi connectivity index (χ1v) is 13.1. The molecule has 1 saturated heterocycles. The van der Waals surface area contributed by atoms with Crippen molar-refractivity contribution in [2.75, 3.05) is 13.1 Å². The number of aryl methyl sites for hydroxylation is 1. The fraction of sp³-hybridized carbons (Fsp3) is 0.526. The second-order valence-corrected chi connectivity index (χ2v) is 11.5. The SMILES string of the molecule is CCn1c(Sc2nc(C3CC3)ns2)nc2cc(S(=O)(=O)N3CCCCC3)ccc21. The van der Waals surface area contributed by atoms with E-state index in [1.165, 1.54) is 36.1 Å². The van der Waals surface area contributed by atoms with Gasteiger partial charge in [0.05, 0.1) is 15.9 Å². The van der Waals surface area contributed by atoms with Crippen LogP contribution in [0.25, 0.3) is 11.0 Å². The lowest BCUT2D eigenvalue weighted by atomic mass is 10.2. The zero-order valence-electron chi connectivity index (χ0n) is 16.2. The van der Waals surface area contributed by atoms with Crippen LogP contribution in [-0.4, -0.2) is 44.7 Å². The predicted molar refractivity (Wildman–Crippen MR) is 114 cm³/mol. The van der Waals surface area contributed by atoms with Gasteiger partial charge in [-0.15, -0.1) is 0 Å². The highest BCUT2D eigenvalue weighted by molar-refractivity contribution is 8.00. The molecule has 0 N–H and O–H groups in total. The van der Waals surface area contributed by atoms with Gasteiger partial charge in [0.15, 0.2) is 9.50 Å². The molecule has 1 aliphatic heterocycles. The van der Waals surface area contributed by atoms with Crippen LogP contribution in [0.4, 0.5) is 0 Å². The lowest BCUT2D eigenvalue weighted by Crippen LogP contribution is -2.35. The van der Waals surface area contributed by atoms with Crippen molar-refractivity contribution in [3.63, 3.8) is 0 Å². The van der Waals surface area contributed by atoms with E-state index in [1.807, 2.05) is 6.07 Å². The van der Waals surface area contributed by atoms with E-state index in [4.69, 9.17) is 4.98 Å². The summed E-state index contributed by atoms with van der Waals surface area (Å²) in [6.07, 6.45) is 5.32. The molecule has 10 heteroatoms. The van der Waals surface area contributed by atoms with E-state index in [2.05, 4.69) is 20.8 Å². The Kier molecular flexibility index (Phi) is 5.13. The van der Waals surface area contributed by atoms with E-state index in [-0.39, 0.29) is 0 Å². The number of benzene rings is 1. The van der Waals surface area contributed by atoms with Crippen LogP contribution in [0.1, 0.15) is 50.8 Å². The Morgan fingerprint density at radius 2 is 1.97 bits per heavy atom. The van der Waals surface area contributed by atoms with E-state index in [0.29, 0.717) is 29.4 Å². The molecule has 0 amide bonds. The van der Waals surface area contributed by atoms with Crippen molar-refractivity contribution in [1.29, 1.82) is 0 Å². The van der Waals surface area contributed by atoms with Crippen LogP contribution in [0.5, 0.6) is 0 Å². The molecular weight excluding hydrogens is 426 g/mol. The molecule has 2 aromatic heterocycles. The van der Waals surface area contributed by atoms with E-state index >= 15 is 0 Å². The van der Waals surface area contributed by atoms with E-state index in [0.717, 1.165) is 46.6 Å². The summed E-state index contributed by atoms with van der Waals surface area (Å²) in [4.78, 5) is 9.73. The fourth-order valence-electron chi connectivity index (χ4n) is 3.73. The molecule has 5 rings (SSSR count). The van der Waals surface area contributed by atoms with Crippen LogP contribution in [0.2, 0.25) is 0 Å². The summed E-state index contributed by atoms with van der Waals surface area (Å²) >= 11 is 2.92. The van der Waals surface area contributed by atoms with Crippen molar-refractivity contribution in [1.82, 2.24) is 23.2 Å². The van der Waals surface area contributed by atoms with Gasteiger partial charge in [0, 0.05) is 25.6 Å². The summed E-state index contributed by atoms with van der Waals surface area (Å²) in [5, 5.41) is 0.827. The summed E-state index contributed by atoms with van der Waals surface area (Å²) in [6, 6.07) is 5.30. The van der Waals surface area contributed by atoms with Gasteiger partial charge in [0.1, 0.15) is 5.82 Å². The number of sulfonamides is 1. The second-order valence-electron chi connectivity index (χ2n) is 7.55. The molecule has 0 unspecified atom stereocenters. The summed E-state index contributed by atoms with van der Waals surface area (Å²) in [7, 11) is -3.46. The van der Waals surface area contributed by atoms with Crippen molar-refractivity contribution >= 4 is 44.4 Å². The van der Waals surface area contributed by atoms with Crippen molar-refractivity contribution < 1.29 is 8.42 Å². The summed E-state index contributed by atoms with van der Waals surface area (Å²) in [5.41, 5.74) is 1.65. The molecule has 0 spiro atoms. The Morgan fingerprint density at radius 3 is 2.69 bits per heavy atom. The average molecular weight is 450 g/mol. The van der Waals surface area contributed by atoms with Crippen LogP contribution in [0.15, 0.2) is 32.6 Å². The molecule has 2 aliphatic rings. The maximum atomic E-state index is 13.0. The number of nitrogens with zero attached hydrogens (tertiary/aromatic N) is 5. The maximum absolute atomic E-state index is 13.0. The molecule has 1 aliphatic carbocycles. The first kappa shape index (κ1) is 19.5. The number of rotatable bonds is 6. The van der Waals surface area contributed by atoms with Crippen molar-refractivity contribution in [3.8, 4) is 0 Å². The van der Waals surface area contributed by atoms with Gasteiger partial charge in [-0.3, -0.25) is 0 Å². The van der Waals surface area contributed by atoms with E-state index in [1.54, 1.807) is 16.4 Å². The zero-order valence-corrected chi connectivity index (χ0v) is 18.7. The largest absolute Gasteiger partial charge is 0.319 e. The number of aromatic nitrogens is 4. The van der Waals surface area contributed by atoms with Gasteiger partial charge in [-0.1, -0.05) is 6.42 Å². The van der Waals surface area contributed by atoms with Crippen molar-refractivity contribution in [2.45, 2.75) is 65.9 Å². The van der Waals surface area contributed by atoms with Crippen LogP contribution in [0.3, 0.4) is 0 Å². The average Bonchev–Trinajstić information content (AvgIpc) is 3.38. The monoisotopic (exact) mass is 449 g/mol. The highest BCUT2D eigenvalue weighted by Gasteiger charge is 2.29. The Morgan fingerprint density at radius 1 is 1.17 bits per heavy atom. The molecule has 1 aromatic carbocycles. The highest BCUT2D eigenvalue weighted by atomic mass is 32.2. The van der Waals surface area contributed by atoms with Crippen LogP contribution in [0, 0.1) is 0 Å². The lowest BCUT2D eigenvalue weighted by Gasteiger charge is -2.25. The Hall–Kier alpha value is -1.49. The highest BCUT2D eigenvalue weighted by Crippen LogP contribution is 2.41. The molecular formula is C19H23N5O2S3. The Balaban J connectivity index is 1.47. The Bertz CT molecular complexity index is 1140. The van der Waals surface area contributed by atoms with Gasteiger partial charge in [-0.2, -0.15) is 8.68 Å². The van der Waals surface area contributed by atoms with Crippen LogP contribution < -0.4 is 0 Å². The fourth-order valence-corrected chi connectivity index (χ4v) is 7.03. The third-order valence-corrected chi connectivity index (χ3v) is 9.15. The summed E-state index contributed by atoms with van der Waals surface area (Å²) in [5.74, 6) is 1.49. The zero-order chi connectivity index (χ0) is 20.0. The quantitative estimate of drug-likeness (QED) is 0.563. The number of imidazole rings is 1. The number of piperidine rings is 1. The molecule has 7 nitrogen and oxygen atoms in total. The molecule has 3 aromatic rings. The Labute approximate surface area is 178 Å². The first-order chi connectivity index (χ1) is 14.1. The van der Waals surface area contributed by atoms with Crippen molar-refractivity contribution in [3.05, 3.63) is 24.0 Å². The standard InChI is InChI=1S/C19H23N5O2S3/c1-2-24-16-9-8-14(29(25,26)23-10-4-3-5-11-23)12-15(16)20-18(24)27-19-21-17(22-28-19)13-6-7-13/h8-9,12-13H,2-7,10-11H2,1H3. The predicted octanol–water partition coefficient (Wildman–Crippen LogP) is 4.11. The van der Waals surface area contributed by atoms with Gasteiger partial charge in [0.2, 0.25) is 10.0 Å². The maximum Gasteiger partial charge on any atom is 0.243 e. The molecule has 3 heterocycles. The third-order valence-electron chi connectivity index (χ3n) is 5.50. The smallest absolute Gasteiger partial charge is 0.243 e. The molecule has 0 atom stereocenters. The molecule has 154 valence electrons. The molecule has 1 saturated carbocycles. The van der Waals surface area contributed by atoms with Gasteiger partial charge in [0.25, 0.3) is 0 Å². The molecule has 2 fully saturated rings. The number of fused-ring (bicyclic) bond motifs is 1. The third kappa shape index (κ3) is 3.71. The minimum atomic E-state index is -3.46. The van der Waals surface area contributed by atoms with Gasteiger partial charge < -0.3 is 4.57 Å². The molecule has 0 radical (unpaired) electrons. The van der Waals surface area contributed by atoms with Crippen LogP contribution >= 0.6 is 23.3 Å². The molecule has 0 bridgehead atoms. The number of hydrogen-bond acceptors (Lipinski definition) is 7. The van der Waals surface area contributed by atoms with E-state index < -0.39 is 10.0 Å². The minimum Gasteiger partial charge on any atom is -0.319 e. The van der Waals surface area contributed by atoms with Crippen LogP contribution in [-0.2, 0) is 16.6 Å². The first-order valence-electron chi connectivity index (χ1n) is 10.1. The van der Waals surface area contributed by atoms with Gasteiger partial charge in [-0.25, -0.2) is 18.4 Å². The minimum absolute atomic E-state index is 0.330. The number of hydrogen-bond donors (Lipinski definition) is 0. The van der Waals surface area contributed by atoms with Gasteiger partial charge in [-0.05, 0) is 74.1 Å². The molecule has 29 heavy (non-hydrogen) atoms. The lowest BCUT2D eigenvalue weighted by molar-refractivity contribution is 0.346. The normalized spacial score (nSPS) is 18.5. The second kappa shape index (κ2) is 7.64. The van der Waals surface area contributed by atoms with Gasteiger partial charge >= 0.3 is 0 Å². The summed E-state index contributed by atoms with van der Waals surface area (Å²) < 4.78 is 35.1. The van der Waals surface area contributed by atoms with Crippen molar-refractivity contribution in [2.24, 2.45) is 0 Å². The summed E-state index contributed by atoms with van der Waals surface area (Å²) in [6.45, 7) is 4.03.